The highest BCUT2D eigenvalue weighted by Crippen LogP contribution is 2.24. The zero-order valence-corrected chi connectivity index (χ0v) is 11.4. The number of rotatable bonds is 5. The van der Waals surface area contributed by atoms with Crippen LogP contribution in [0.15, 0.2) is 4.52 Å². The normalized spacial score (nSPS) is 17.7. The molecule has 0 aromatic carbocycles. The maximum Gasteiger partial charge on any atom is 0.231 e. The number of hydrogen-bond acceptors (Lipinski definition) is 6. The minimum Gasteiger partial charge on any atom is -0.339 e. The second-order valence-corrected chi connectivity index (χ2v) is 6.70. The lowest BCUT2D eigenvalue weighted by molar-refractivity contribution is 0.331. The molecule has 0 bridgehead atoms. The fourth-order valence-electron chi connectivity index (χ4n) is 1.53. The molecule has 0 saturated heterocycles. The Morgan fingerprint density at radius 3 is 2.41 bits per heavy atom. The highest BCUT2D eigenvalue weighted by atomic mass is 32.2. The van der Waals surface area contributed by atoms with Gasteiger partial charge in [-0.1, -0.05) is 12.1 Å². The average Bonchev–Trinajstić information content (AvgIpc) is 2.64. The predicted molar refractivity (Wildman–Crippen MR) is 64.2 cm³/mol. The SMILES string of the molecule is CCC(c1nc(C(C)S(C)(=O)=O)no1)C(C)N. The first-order valence-electron chi connectivity index (χ1n) is 5.55. The van der Waals surface area contributed by atoms with Crippen LogP contribution in [0.1, 0.15) is 50.1 Å². The monoisotopic (exact) mass is 261 g/mol. The van der Waals surface area contributed by atoms with E-state index in [1.807, 2.05) is 13.8 Å². The van der Waals surface area contributed by atoms with E-state index in [0.29, 0.717) is 5.89 Å². The highest BCUT2D eigenvalue weighted by Gasteiger charge is 2.26. The van der Waals surface area contributed by atoms with Gasteiger partial charge in [-0.3, -0.25) is 0 Å². The van der Waals surface area contributed by atoms with Gasteiger partial charge in [-0.25, -0.2) is 8.42 Å². The summed E-state index contributed by atoms with van der Waals surface area (Å²) in [5.74, 6) is 0.567. The summed E-state index contributed by atoms with van der Waals surface area (Å²) in [4.78, 5) is 4.13. The quantitative estimate of drug-likeness (QED) is 0.849. The Morgan fingerprint density at radius 1 is 1.41 bits per heavy atom. The van der Waals surface area contributed by atoms with Gasteiger partial charge >= 0.3 is 0 Å². The van der Waals surface area contributed by atoms with Crippen molar-refractivity contribution >= 4 is 9.84 Å². The third-order valence-electron chi connectivity index (χ3n) is 2.85. The Labute approximate surface area is 102 Å². The standard InChI is InChI=1S/C10H19N3O3S/c1-5-8(6(2)11)10-12-9(13-16-10)7(3)17(4,14)15/h6-8H,5,11H2,1-4H3. The largest absolute Gasteiger partial charge is 0.339 e. The molecule has 3 atom stereocenters. The molecule has 17 heavy (non-hydrogen) atoms. The van der Waals surface area contributed by atoms with E-state index in [1.165, 1.54) is 6.92 Å². The van der Waals surface area contributed by atoms with E-state index in [4.69, 9.17) is 10.3 Å². The van der Waals surface area contributed by atoms with E-state index in [0.717, 1.165) is 12.7 Å². The van der Waals surface area contributed by atoms with Crippen LogP contribution in [-0.4, -0.2) is 30.9 Å². The maximum atomic E-state index is 11.4. The van der Waals surface area contributed by atoms with E-state index in [-0.39, 0.29) is 17.8 Å². The van der Waals surface area contributed by atoms with Crippen LogP contribution in [0, 0.1) is 0 Å². The lowest BCUT2D eigenvalue weighted by atomic mass is 9.99. The van der Waals surface area contributed by atoms with Gasteiger partial charge in [0.05, 0.1) is 5.92 Å². The molecule has 0 aliphatic rings. The molecular formula is C10H19N3O3S. The van der Waals surface area contributed by atoms with E-state index < -0.39 is 15.1 Å². The fraction of sp³-hybridized carbons (Fsp3) is 0.800. The van der Waals surface area contributed by atoms with Crippen molar-refractivity contribution in [2.45, 2.75) is 44.4 Å². The molecule has 0 radical (unpaired) electrons. The molecule has 2 N–H and O–H groups in total. The smallest absolute Gasteiger partial charge is 0.231 e. The Bertz CT molecular complexity index is 467. The summed E-state index contributed by atoms with van der Waals surface area (Å²) in [5, 5.41) is 2.95. The second kappa shape index (κ2) is 5.14. The van der Waals surface area contributed by atoms with Crippen LogP contribution in [-0.2, 0) is 9.84 Å². The Kier molecular flexibility index (Phi) is 4.26. The minimum absolute atomic E-state index is 0.0389. The van der Waals surface area contributed by atoms with Crippen LogP contribution in [0.3, 0.4) is 0 Å². The van der Waals surface area contributed by atoms with E-state index in [1.54, 1.807) is 0 Å². The summed E-state index contributed by atoms with van der Waals surface area (Å²) < 4.78 is 27.8. The molecule has 98 valence electrons. The van der Waals surface area contributed by atoms with Gasteiger partial charge in [0, 0.05) is 12.3 Å². The summed E-state index contributed by atoms with van der Waals surface area (Å²) in [7, 11) is -3.21. The third-order valence-corrected chi connectivity index (χ3v) is 4.35. The maximum absolute atomic E-state index is 11.4. The van der Waals surface area contributed by atoms with Crippen molar-refractivity contribution in [3.8, 4) is 0 Å². The topological polar surface area (TPSA) is 99.1 Å². The van der Waals surface area contributed by atoms with Crippen molar-refractivity contribution in [3.63, 3.8) is 0 Å². The van der Waals surface area contributed by atoms with Crippen molar-refractivity contribution in [1.82, 2.24) is 10.1 Å². The van der Waals surface area contributed by atoms with E-state index >= 15 is 0 Å². The minimum atomic E-state index is -3.21. The van der Waals surface area contributed by atoms with Crippen molar-refractivity contribution in [2.24, 2.45) is 5.73 Å². The molecule has 1 aromatic rings. The van der Waals surface area contributed by atoms with Gasteiger partial charge in [-0.05, 0) is 20.3 Å². The summed E-state index contributed by atoms with van der Waals surface area (Å²) in [6, 6.07) is -0.109. The molecule has 7 heteroatoms. The molecular weight excluding hydrogens is 242 g/mol. The third kappa shape index (κ3) is 3.26. The molecule has 0 aliphatic carbocycles. The first-order valence-corrected chi connectivity index (χ1v) is 7.50. The fourth-order valence-corrected chi connectivity index (χ4v) is 2.00. The van der Waals surface area contributed by atoms with Crippen LogP contribution < -0.4 is 5.73 Å². The van der Waals surface area contributed by atoms with Crippen molar-refractivity contribution in [2.75, 3.05) is 6.26 Å². The summed E-state index contributed by atoms with van der Waals surface area (Å²) in [5.41, 5.74) is 5.80. The molecule has 6 nitrogen and oxygen atoms in total. The zero-order valence-electron chi connectivity index (χ0n) is 10.5. The van der Waals surface area contributed by atoms with Crippen LogP contribution in [0.25, 0.3) is 0 Å². The first kappa shape index (κ1) is 14.1. The first-order chi connectivity index (χ1) is 7.77. The Balaban J connectivity index is 2.99. The molecule has 0 saturated carbocycles. The predicted octanol–water partition coefficient (Wildman–Crippen LogP) is 1.02. The molecule has 0 amide bonds. The number of sulfone groups is 1. The van der Waals surface area contributed by atoms with E-state index in [9.17, 15) is 8.42 Å². The lowest BCUT2D eigenvalue weighted by Crippen LogP contribution is -2.24. The summed E-state index contributed by atoms with van der Waals surface area (Å²) in [6.07, 6.45) is 1.92. The van der Waals surface area contributed by atoms with Gasteiger partial charge in [0.2, 0.25) is 5.89 Å². The summed E-state index contributed by atoms with van der Waals surface area (Å²) >= 11 is 0. The molecule has 1 rings (SSSR count). The van der Waals surface area contributed by atoms with Crippen molar-refractivity contribution in [1.29, 1.82) is 0 Å². The average molecular weight is 261 g/mol. The lowest BCUT2D eigenvalue weighted by Gasteiger charge is -2.13. The second-order valence-electron chi connectivity index (χ2n) is 4.34. The van der Waals surface area contributed by atoms with Gasteiger partial charge in [-0.15, -0.1) is 0 Å². The van der Waals surface area contributed by atoms with Gasteiger partial charge in [0.1, 0.15) is 5.25 Å². The Hall–Kier alpha value is -0.950. The number of aromatic nitrogens is 2. The highest BCUT2D eigenvalue weighted by molar-refractivity contribution is 7.90. The van der Waals surface area contributed by atoms with Crippen LogP contribution >= 0.6 is 0 Å². The van der Waals surface area contributed by atoms with Crippen molar-refractivity contribution in [3.05, 3.63) is 11.7 Å². The number of nitrogens with two attached hydrogens (primary N) is 1. The molecule has 0 fully saturated rings. The van der Waals surface area contributed by atoms with Crippen molar-refractivity contribution < 1.29 is 12.9 Å². The summed E-state index contributed by atoms with van der Waals surface area (Å²) in [6.45, 7) is 5.37. The van der Waals surface area contributed by atoms with Gasteiger partial charge in [0.25, 0.3) is 0 Å². The van der Waals surface area contributed by atoms with Gasteiger partial charge in [0.15, 0.2) is 15.7 Å². The molecule has 1 heterocycles. The molecule has 1 aromatic heterocycles. The van der Waals surface area contributed by atoms with Gasteiger partial charge < -0.3 is 10.3 Å². The Morgan fingerprint density at radius 2 is 2.00 bits per heavy atom. The molecule has 0 spiro atoms. The number of hydrogen-bond donors (Lipinski definition) is 1. The van der Waals surface area contributed by atoms with Crippen LogP contribution in [0.5, 0.6) is 0 Å². The van der Waals surface area contributed by atoms with Crippen LogP contribution in [0.4, 0.5) is 0 Å². The number of nitrogens with zero attached hydrogens (tertiary/aromatic N) is 2. The van der Waals surface area contributed by atoms with Gasteiger partial charge in [-0.2, -0.15) is 4.98 Å². The van der Waals surface area contributed by atoms with E-state index in [2.05, 4.69) is 10.1 Å². The molecule has 0 aliphatic heterocycles. The zero-order chi connectivity index (χ0) is 13.2. The van der Waals surface area contributed by atoms with Crippen LogP contribution in [0.2, 0.25) is 0 Å². The molecule has 3 unspecified atom stereocenters.